The highest BCUT2D eigenvalue weighted by Gasteiger charge is 2.27. The van der Waals surface area contributed by atoms with Crippen molar-refractivity contribution in [2.75, 3.05) is 20.7 Å². The number of aryl methyl sites for hydroxylation is 1. The largest absolute Gasteiger partial charge is 0.506 e. The first-order chi connectivity index (χ1) is 14.2. The molecule has 1 aromatic heterocycles. The number of thioether (sulfide) groups is 1. The van der Waals surface area contributed by atoms with Crippen LogP contribution < -0.4 is 0 Å². The number of halogens is 2. The average molecular weight is 495 g/mol. The number of benzene rings is 2. The van der Waals surface area contributed by atoms with Crippen LogP contribution in [0.25, 0.3) is 10.9 Å². The quantitative estimate of drug-likeness (QED) is 0.356. The molecule has 1 heterocycles. The molecule has 0 fully saturated rings. The van der Waals surface area contributed by atoms with E-state index < -0.39 is 5.97 Å². The smallest absolute Gasteiger partial charge is 0.340 e. The number of esters is 1. The number of nitrogens with zero attached hydrogens (tertiary/aromatic N) is 2. The molecule has 0 spiro atoms. The van der Waals surface area contributed by atoms with Gasteiger partial charge in [-0.15, -0.1) is 11.8 Å². The molecule has 30 heavy (non-hydrogen) atoms. The number of hydrogen-bond acceptors (Lipinski definition) is 5. The highest BCUT2D eigenvalue weighted by Crippen LogP contribution is 2.41. The second-order valence-electron chi connectivity index (χ2n) is 7.16. The standard InChI is InChI=1S/C22H24BrFN2O3S/c1-5-29-22(28)20-18(12-30-14-8-6-13(24)7-9-14)26(4)17-10-16(23)21(27)15(19(17)20)11-25(2)3/h6-10,27H,5,11-12H2,1-4H3. The number of aromatic nitrogens is 1. The highest BCUT2D eigenvalue weighted by molar-refractivity contribution is 9.10. The number of rotatable bonds is 7. The van der Waals surface area contributed by atoms with Crippen molar-refractivity contribution in [1.82, 2.24) is 9.47 Å². The number of aromatic hydroxyl groups is 1. The second-order valence-corrected chi connectivity index (χ2v) is 9.06. The monoisotopic (exact) mass is 494 g/mol. The predicted octanol–water partition coefficient (Wildman–Crippen LogP) is 5.32. The van der Waals surface area contributed by atoms with Crippen LogP contribution in [0.1, 0.15) is 28.5 Å². The topological polar surface area (TPSA) is 54.7 Å². The molecule has 0 radical (unpaired) electrons. The van der Waals surface area contributed by atoms with Crippen LogP contribution in [0.15, 0.2) is 39.7 Å². The van der Waals surface area contributed by atoms with Gasteiger partial charge in [-0.2, -0.15) is 0 Å². The van der Waals surface area contributed by atoms with E-state index in [0.29, 0.717) is 33.3 Å². The summed E-state index contributed by atoms with van der Waals surface area (Å²) in [6, 6.07) is 8.08. The van der Waals surface area contributed by atoms with E-state index in [2.05, 4.69) is 15.9 Å². The van der Waals surface area contributed by atoms with Crippen LogP contribution in [0.3, 0.4) is 0 Å². The van der Waals surface area contributed by atoms with Gasteiger partial charge in [-0.05, 0) is 67.3 Å². The Morgan fingerprint density at radius 3 is 2.57 bits per heavy atom. The minimum atomic E-state index is -0.417. The first-order valence-electron chi connectivity index (χ1n) is 9.46. The van der Waals surface area contributed by atoms with Gasteiger partial charge in [0.05, 0.1) is 22.2 Å². The summed E-state index contributed by atoms with van der Waals surface area (Å²) >= 11 is 4.95. The Morgan fingerprint density at radius 2 is 1.97 bits per heavy atom. The van der Waals surface area contributed by atoms with Crippen molar-refractivity contribution in [3.05, 3.63) is 57.4 Å². The van der Waals surface area contributed by atoms with Gasteiger partial charge in [0.2, 0.25) is 0 Å². The summed E-state index contributed by atoms with van der Waals surface area (Å²) in [7, 11) is 5.71. The zero-order chi connectivity index (χ0) is 22.0. The van der Waals surface area contributed by atoms with E-state index in [0.717, 1.165) is 16.1 Å². The molecule has 0 aliphatic carbocycles. The fraction of sp³-hybridized carbons (Fsp3) is 0.318. The molecule has 0 saturated heterocycles. The van der Waals surface area contributed by atoms with Crippen LogP contribution in [0.4, 0.5) is 4.39 Å². The third-order valence-electron chi connectivity index (χ3n) is 4.78. The fourth-order valence-electron chi connectivity index (χ4n) is 3.42. The Morgan fingerprint density at radius 1 is 1.30 bits per heavy atom. The van der Waals surface area contributed by atoms with Crippen molar-refractivity contribution in [2.24, 2.45) is 7.05 Å². The van der Waals surface area contributed by atoms with Crippen LogP contribution >= 0.6 is 27.7 Å². The zero-order valence-electron chi connectivity index (χ0n) is 17.3. The molecule has 1 N–H and O–H groups in total. The van der Waals surface area contributed by atoms with E-state index in [9.17, 15) is 14.3 Å². The molecule has 160 valence electrons. The molecular weight excluding hydrogens is 471 g/mol. The van der Waals surface area contributed by atoms with E-state index in [4.69, 9.17) is 4.74 Å². The maximum absolute atomic E-state index is 13.2. The summed E-state index contributed by atoms with van der Waals surface area (Å²) in [6.07, 6.45) is 0. The molecule has 0 unspecified atom stereocenters. The van der Waals surface area contributed by atoms with E-state index in [1.807, 2.05) is 36.7 Å². The minimum absolute atomic E-state index is 0.116. The Bertz CT molecular complexity index is 1080. The predicted molar refractivity (Wildman–Crippen MR) is 122 cm³/mol. The lowest BCUT2D eigenvalue weighted by Crippen LogP contribution is -2.13. The van der Waals surface area contributed by atoms with E-state index in [1.165, 1.54) is 23.9 Å². The number of hydrogen-bond donors (Lipinski definition) is 1. The number of carbonyl (C=O) groups excluding carboxylic acids is 1. The van der Waals surface area contributed by atoms with Crippen molar-refractivity contribution in [3.8, 4) is 5.75 Å². The summed E-state index contributed by atoms with van der Waals surface area (Å²) in [4.78, 5) is 15.8. The Kier molecular flexibility index (Phi) is 7.10. The minimum Gasteiger partial charge on any atom is -0.506 e. The van der Waals surface area contributed by atoms with Crippen LogP contribution in [-0.4, -0.2) is 41.2 Å². The average Bonchev–Trinajstić information content (AvgIpc) is 2.96. The molecule has 0 atom stereocenters. The van der Waals surface area contributed by atoms with Crippen molar-refractivity contribution >= 4 is 44.6 Å². The summed E-state index contributed by atoms with van der Waals surface area (Å²) in [5.41, 5.74) is 2.74. The van der Waals surface area contributed by atoms with Crippen LogP contribution in [0, 0.1) is 5.82 Å². The summed E-state index contributed by atoms with van der Waals surface area (Å²) < 4.78 is 21.1. The Hall–Kier alpha value is -2.03. The lowest BCUT2D eigenvalue weighted by Gasteiger charge is -2.15. The molecule has 0 amide bonds. The molecule has 2 aromatic carbocycles. The number of fused-ring (bicyclic) bond motifs is 1. The molecule has 3 aromatic rings. The number of ether oxygens (including phenoxy) is 1. The molecule has 0 aliphatic rings. The maximum Gasteiger partial charge on any atom is 0.340 e. The van der Waals surface area contributed by atoms with E-state index >= 15 is 0 Å². The van der Waals surface area contributed by atoms with Crippen LogP contribution in [0.5, 0.6) is 5.75 Å². The third kappa shape index (κ3) is 4.50. The van der Waals surface area contributed by atoms with Crippen molar-refractivity contribution in [2.45, 2.75) is 24.1 Å². The van der Waals surface area contributed by atoms with E-state index in [-0.39, 0.29) is 18.2 Å². The van der Waals surface area contributed by atoms with Gasteiger partial charge in [0.25, 0.3) is 0 Å². The zero-order valence-corrected chi connectivity index (χ0v) is 19.7. The van der Waals surface area contributed by atoms with Gasteiger partial charge in [0.1, 0.15) is 11.6 Å². The van der Waals surface area contributed by atoms with Gasteiger partial charge in [0, 0.05) is 40.9 Å². The van der Waals surface area contributed by atoms with Gasteiger partial charge in [-0.3, -0.25) is 0 Å². The van der Waals surface area contributed by atoms with Crippen LogP contribution in [-0.2, 0) is 24.1 Å². The molecule has 3 rings (SSSR count). The lowest BCUT2D eigenvalue weighted by atomic mass is 10.0. The molecule has 0 saturated carbocycles. The van der Waals surface area contributed by atoms with Gasteiger partial charge in [-0.25, -0.2) is 9.18 Å². The molecule has 0 bridgehead atoms. The molecule has 5 nitrogen and oxygen atoms in total. The van der Waals surface area contributed by atoms with Crippen molar-refractivity contribution in [1.29, 1.82) is 0 Å². The van der Waals surface area contributed by atoms with Crippen LogP contribution in [0.2, 0.25) is 0 Å². The Balaban J connectivity index is 2.19. The highest BCUT2D eigenvalue weighted by atomic mass is 79.9. The molecule has 0 aliphatic heterocycles. The van der Waals surface area contributed by atoms with Gasteiger partial charge in [-0.1, -0.05) is 0 Å². The fourth-order valence-corrected chi connectivity index (χ4v) is 4.85. The molecular formula is C22H24BrFN2O3S. The SMILES string of the molecule is CCOC(=O)c1c(CSc2ccc(F)cc2)n(C)c2cc(Br)c(O)c(CN(C)C)c12. The Labute approximate surface area is 187 Å². The number of phenolic OH excluding ortho intramolecular Hbond substituents is 1. The number of carbonyl (C=O) groups is 1. The lowest BCUT2D eigenvalue weighted by molar-refractivity contribution is 0.0527. The first kappa shape index (κ1) is 22.7. The summed E-state index contributed by atoms with van der Waals surface area (Å²) in [5, 5.41) is 11.4. The normalized spacial score (nSPS) is 11.4. The van der Waals surface area contributed by atoms with Gasteiger partial charge in [0.15, 0.2) is 0 Å². The first-order valence-corrected chi connectivity index (χ1v) is 11.2. The maximum atomic E-state index is 13.2. The van der Waals surface area contributed by atoms with Gasteiger partial charge < -0.3 is 19.3 Å². The third-order valence-corrected chi connectivity index (χ3v) is 6.41. The summed E-state index contributed by atoms with van der Waals surface area (Å²) in [6.45, 7) is 2.48. The van der Waals surface area contributed by atoms with Gasteiger partial charge >= 0.3 is 5.97 Å². The number of phenols is 1. The molecule has 8 heteroatoms. The summed E-state index contributed by atoms with van der Waals surface area (Å²) in [5.74, 6) is -0.0977. The second kappa shape index (κ2) is 9.41. The van der Waals surface area contributed by atoms with Crippen molar-refractivity contribution in [3.63, 3.8) is 0 Å². The van der Waals surface area contributed by atoms with Crippen molar-refractivity contribution < 1.29 is 19.0 Å². The van der Waals surface area contributed by atoms with E-state index in [1.54, 1.807) is 19.1 Å².